The van der Waals surface area contributed by atoms with Gasteiger partial charge in [-0.2, -0.15) is 0 Å². The fourth-order valence-electron chi connectivity index (χ4n) is 2.95. The zero-order valence-corrected chi connectivity index (χ0v) is 13.1. The standard InChI is InChI=1S/C18H21FN2O2/c1-2-10-21(18(22)13-6-5-7-13)12-14-11-17(20-23-14)15-8-3-4-9-16(15)19/h2-4,8-9,13-14H,1,5-7,10-12H2/t14-/m1/s1. The summed E-state index contributed by atoms with van der Waals surface area (Å²) in [7, 11) is 0. The van der Waals surface area contributed by atoms with E-state index in [2.05, 4.69) is 11.7 Å². The van der Waals surface area contributed by atoms with Gasteiger partial charge in [0.1, 0.15) is 5.82 Å². The van der Waals surface area contributed by atoms with Crippen LogP contribution >= 0.6 is 0 Å². The number of benzene rings is 1. The normalized spacial score (nSPS) is 20.4. The lowest BCUT2D eigenvalue weighted by atomic mass is 9.84. The van der Waals surface area contributed by atoms with E-state index in [0.29, 0.717) is 30.8 Å². The van der Waals surface area contributed by atoms with Gasteiger partial charge in [-0.05, 0) is 18.9 Å². The van der Waals surface area contributed by atoms with Gasteiger partial charge in [0.25, 0.3) is 0 Å². The van der Waals surface area contributed by atoms with Gasteiger partial charge in [0.05, 0.1) is 12.3 Å². The molecule has 1 aliphatic carbocycles. The molecule has 4 nitrogen and oxygen atoms in total. The first-order valence-electron chi connectivity index (χ1n) is 8.06. The minimum atomic E-state index is -0.302. The molecule has 23 heavy (non-hydrogen) atoms. The molecule has 0 bridgehead atoms. The number of hydrogen-bond donors (Lipinski definition) is 0. The summed E-state index contributed by atoms with van der Waals surface area (Å²) in [6.45, 7) is 4.69. The highest BCUT2D eigenvalue weighted by atomic mass is 19.1. The van der Waals surface area contributed by atoms with Gasteiger partial charge in [-0.3, -0.25) is 4.79 Å². The van der Waals surface area contributed by atoms with Crippen LogP contribution in [0.25, 0.3) is 0 Å². The van der Waals surface area contributed by atoms with Crippen LogP contribution in [0.3, 0.4) is 0 Å². The lowest BCUT2D eigenvalue weighted by Crippen LogP contribution is -2.43. The third-order valence-electron chi connectivity index (χ3n) is 4.46. The van der Waals surface area contributed by atoms with Crippen LogP contribution in [0.15, 0.2) is 42.1 Å². The fourth-order valence-corrected chi connectivity index (χ4v) is 2.95. The molecule has 0 radical (unpaired) electrons. The largest absolute Gasteiger partial charge is 0.390 e. The molecule has 1 saturated carbocycles. The lowest BCUT2D eigenvalue weighted by Gasteiger charge is -2.32. The van der Waals surface area contributed by atoms with Crippen molar-refractivity contribution in [1.82, 2.24) is 4.90 Å². The van der Waals surface area contributed by atoms with Gasteiger partial charge < -0.3 is 9.74 Å². The topological polar surface area (TPSA) is 41.9 Å². The molecule has 1 aromatic carbocycles. The molecule has 1 aliphatic heterocycles. The average molecular weight is 316 g/mol. The van der Waals surface area contributed by atoms with E-state index in [1.165, 1.54) is 6.07 Å². The Morgan fingerprint density at radius 1 is 1.43 bits per heavy atom. The van der Waals surface area contributed by atoms with Gasteiger partial charge in [0.2, 0.25) is 5.91 Å². The van der Waals surface area contributed by atoms with Crippen LogP contribution < -0.4 is 0 Å². The molecule has 2 aliphatic rings. The van der Waals surface area contributed by atoms with Crippen molar-refractivity contribution >= 4 is 11.6 Å². The average Bonchev–Trinajstić information content (AvgIpc) is 2.94. The second-order valence-corrected chi connectivity index (χ2v) is 6.11. The number of carbonyl (C=O) groups is 1. The maximum absolute atomic E-state index is 13.8. The van der Waals surface area contributed by atoms with Crippen molar-refractivity contribution in [3.8, 4) is 0 Å². The van der Waals surface area contributed by atoms with E-state index < -0.39 is 0 Å². The number of nitrogens with zero attached hydrogens (tertiary/aromatic N) is 2. The molecule has 3 rings (SSSR count). The SMILES string of the molecule is C=CCN(C[C@H]1CC(c2ccccc2F)=NO1)C(=O)C1CCC1. The van der Waals surface area contributed by atoms with Gasteiger partial charge in [-0.1, -0.05) is 35.9 Å². The Morgan fingerprint density at radius 2 is 2.22 bits per heavy atom. The maximum Gasteiger partial charge on any atom is 0.226 e. The van der Waals surface area contributed by atoms with Crippen LogP contribution in [0.1, 0.15) is 31.2 Å². The van der Waals surface area contributed by atoms with E-state index in [0.717, 1.165) is 19.3 Å². The van der Waals surface area contributed by atoms with Gasteiger partial charge >= 0.3 is 0 Å². The molecule has 1 heterocycles. The van der Waals surface area contributed by atoms with Gasteiger partial charge in [-0.15, -0.1) is 6.58 Å². The maximum atomic E-state index is 13.8. The first-order chi connectivity index (χ1) is 11.2. The third kappa shape index (κ3) is 3.44. The summed E-state index contributed by atoms with van der Waals surface area (Å²) in [6, 6.07) is 6.53. The number of amides is 1. The van der Waals surface area contributed by atoms with Crippen molar-refractivity contribution < 1.29 is 14.0 Å². The summed E-state index contributed by atoms with van der Waals surface area (Å²) >= 11 is 0. The van der Waals surface area contributed by atoms with Gasteiger partial charge in [0.15, 0.2) is 6.10 Å². The van der Waals surface area contributed by atoms with E-state index in [1.807, 2.05) is 0 Å². The Bertz CT molecular complexity index is 625. The third-order valence-corrected chi connectivity index (χ3v) is 4.46. The summed E-state index contributed by atoms with van der Waals surface area (Å²) in [5.74, 6) is 0.00592. The molecular weight excluding hydrogens is 295 g/mol. The zero-order valence-electron chi connectivity index (χ0n) is 13.1. The molecule has 0 unspecified atom stereocenters. The number of carbonyl (C=O) groups excluding carboxylic acids is 1. The van der Waals surface area contributed by atoms with E-state index in [9.17, 15) is 9.18 Å². The minimum absolute atomic E-state index is 0.142. The highest BCUT2D eigenvalue weighted by Gasteiger charge is 2.32. The van der Waals surface area contributed by atoms with Crippen LogP contribution in [0.2, 0.25) is 0 Å². The van der Waals surface area contributed by atoms with E-state index in [-0.39, 0.29) is 23.7 Å². The van der Waals surface area contributed by atoms with Crippen molar-refractivity contribution in [1.29, 1.82) is 0 Å². The van der Waals surface area contributed by atoms with Crippen LogP contribution in [-0.2, 0) is 9.63 Å². The Labute approximate surface area is 135 Å². The highest BCUT2D eigenvalue weighted by Crippen LogP contribution is 2.29. The van der Waals surface area contributed by atoms with Crippen molar-refractivity contribution in [3.63, 3.8) is 0 Å². The molecule has 1 amide bonds. The molecular formula is C18H21FN2O2. The second kappa shape index (κ2) is 6.94. The van der Waals surface area contributed by atoms with Gasteiger partial charge in [0, 0.05) is 24.4 Å². The van der Waals surface area contributed by atoms with E-state index >= 15 is 0 Å². The fraction of sp³-hybridized carbons (Fsp3) is 0.444. The summed E-state index contributed by atoms with van der Waals surface area (Å²) in [5.41, 5.74) is 1.07. The molecule has 0 saturated heterocycles. The highest BCUT2D eigenvalue weighted by molar-refractivity contribution is 6.01. The Morgan fingerprint density at radius 3 is 2.87 bits per heavy atom. The number of halogens is 1. The summed E-state index contributed by atoms with van der Waals surface area (Å²) < 4.78 is 13.8. The molecule has 1 aromatic rings. The number of oxime groups is 1. The first-order valence-corrected chi connectivity index (χ1v) is 8.06. The van der Waals surface area contributed by atoms with Crippen molar-refractivity contribution in [2.45, 2.75) is 31.8 Å². The van der Waals surface area contributed by atoms with Crippen LogP contribution in [0, 0.1) is 11.7 Å². The number of hydrogen-bond acceptors (Lipinski definition) is 3. The Hall–Kier alpha value is -2.17. The van der Waals surface area contributed by atoms with E-state index in [4.69, 9.17) is 4.84 Å². The monoisotopic (exact) mass is 316 g/mol. The molecule has 0 spiro atoms. The molecule has 1 fully saturated rings. The van der Waals surface area contributed by atoms with Crippen molar-refractivity contribution in [3.05, 3.63) is 48.3 Å². The zero-order chi connectivity index (χ0) is 16.2. The van der Waals surface area contributed by atoms with Crippen LogP contribution in [0.4, 0.5) is 4.39 Å². The van der Waals surface area contributed by atoms with Crippen LogP contribution in [0.5, 0.6) is 0 Å². The van der Waals surface area contributed by atoms with Crippen molar-refractivity contribution in [2.75, 3.05) is 13.1 Å². The molecule has 0 N–H and O–H groups in total. The number of rotatable bonds is 6. The summed E-state index contributed by atoms with van der Waals surface area (Å²) in [5, 5.41) is 4.01. The lowest BCUT2D eigenvalue weighted by molar-refractivity contribution is -0.139. The molecule has 0 aromatic heterocycles. The first kappa shape index (κ1) is 15.7. The Balaban J connectivity index is 1.61. The van der Waals surface area contributed by atoms with Crippen molar-refractivity contribution in [2.24, 2.45) is 11.1 Å². The molecule has 1 atom stereocenters. The molecule has 5 heteroatoms. The minimum Gasteiger partial charge on any atom is -0.390 e. The predicted octanol–water partition coefficient (Wildman–Crippen LogP) is 3.13. The molecule has 122 valence electrons. The van der Waals surface area contributed by atoms with Gasteiger partial charge in [-0.25, -0.2) is 4.39 Å². The second-order valence-electron chi connectivity index (χ2n) is 6.11. The smallest absolute Gasteiger partial charge is 0.226 e. The Kier molecular flexibility index (Phi) is 4.74. The summed E-state index contributed by atoms with van der Waals surface area (Å²) in [4.78, 5) is 19.6. The van der Waals surface area contributed by atoms with Crippen LogP contribution in [-0.4, -0.2) is 35.7 Å². The van der Waals surface area contributed by atoms with E-state index in [1.54, 1.807) is 29.2 Å². The quantitative estimate of drug-likeness (QED) is 0.757. The predicted molar refractivity (Wildman–Crippen MR) is 86.5 cm³/mol. The summed E-state index contributed by atoms with van der Waals surface area (Å²) in [6.07, 6.45) is 5.06.